The number of aromatic nitrogens is 2. The average Bonchev–Trinajstić information content (AvgIpc) is 3.17. The van der Waals surface area contributed by atoms with E-state index in [0.29, 0.717) is 23.5 Å². The lowest BCUT2D eigenvalue weighted by molar-refractivity contribution is -0.146. The molecule has 0 saturated carbocycles. The van der Waals surface area contributed by atoms with E-state index in [1.807, 2.05) is 24.5 Å². The van der Waals surface area contributed by atoms with Crippen LogP contribution in [-0.2, 0) is 25.7 Å². The average molecular weight is 401 g/mol. The van der Waals surface area contributed by atoms with Crippen LogP contribution < -0.4 is 5.56 Å². The number of aryl methyl sites for hydroxylation is 1. The van der Waals surface area contributed by atoms with Gasteiger partial charge in [-0.1, -0.05) is 12.2 Å². The van der Waals surface area contributed by atoms with Gasteiger partial charge in [-0.25, -0.2) is 4.98 Å². The highest BCUT2D eigenvalue weighted by molar-refractivity contribution is 7.15. The molecule has 2 atom stereocenters. The Labute approximate surface area is 164 Å². The Balaban J connectivity index is 1.33. The number of hydrogen-bond donors (Lipinski definition) is 0. The maximum Gasteiger partial charge on any atom is 0.307 e. The molecule has 2 aromatic rings. The molecular formula is C19H19N3O5S. The van der Waals surface area contributed by atoms with Crippen molar-refractivity contribution in [3.8, 4) is 0 Å². The van der Waals surface area contributed by atoms with Gasteiger partial charge in [0.1, 0.15) is 6.61 Å². The second-order valence-electron chi connectivity index (χ2n) is 6.98. The quantitative estimate of drug-likeness (QED) is 0.427. The van der Waals surface area contributed by atoms with Crippen LogP contribution in [0.25, 0.3) is 4.96 Å². The van der Waals surface area contributed by atoms with Gasteiger partial charge < -0.3 is 4.74 Å². The van der Waals surface area contributed by atoms with Crippen LogP contribution in [0.1, 0.15) is 30.7 Å². The molecular weight excluding hydrogens is 382 g/mol. The number of carbonyl (C=O) groups excluding carboxylic acids is 3. The van der Waals surface area contributed by atoms with Gasteiger partial charge in [0.05, 0.1) is 24.0 Å². The number of esters is 1. The van der Waals surface area contributed by atoms with E-state index in [1.165, 1.54) is 26.7 Å². The molecule has 0 aromatic carbocycles. The highest BCUT2D eigenvalue weighted by Crippen LogP contribution is 2.35. The van der Waals surface area contributed by atoms with Gasteiger partial charge in [0.25, 0.3) is 5.56 Å². The van der Waals surface area contributed by atoms with Crippen molar-refractivity contribution < 1.29 is 19.1 Å². The molecule has 0 bridgehead atoms. The molecule has 1 saturated heterocycles. The van der Waals surface area contributed by atoms with Crippen LogP contribution >= 0.6 is 11.3 Å². The normalized spacial score (nSPS) is 21.4. The lowest BCUT2D eigenvalue weighted by Crippen LogP contribution is -2.33. The molecule has 8 nitrogen and oxygen atoms in total. The fraction of sp³-hybridized carbons (Fsp3) is 0.421. The number of imide groups is 1. The Morgan fingerprint density at radius 2 is 1.89 bits per heavy atom. The molecule has 0 unspecified atom stereocenters. The summed E-state index contributed by atoms with van der Waals surface area (Å²) in [5.41, 5.74) is 0.946. The van der Waals surface area contributed by atoms with Gasteiger partial charge in [0, 0.05) is 23.7 Å². The molecule has 1 fully saturated rings. The van der Waals surface area contributed by atoms with Crippen LogP contribution in [0.15, 0.2) is 28.4 Å². The fourth-order valence-electron chi connectivity index (χ4n) is 3.69. The first-order valence-corrected chi connectivity index (χ1v) is 9.96. The number of ether oxygens (including phenoxy) is 1. The maximum atomic E-state index is 12.4. The van der Waals surface area contributed by atoms with Crippen molar-refractivity contribution >= 4 is 34.1 Å². The number of allylic oxidation sites excluding steroid dienone is 2. The number of nitrogens with zero attached hydrogens (tertiary/aromatic N) is 3. The number of carbonyl (C=O) groups is 3. The Morgan fingerprint density at radius 1 is 1.21 bits per heavy atom. The third-order valence-electron chi connectivity index (χ3n) is 5.15. The summed E-state index contributed by atoms with van der Waals surface area (Å²) in [6.07, 6.45) is 4.91. The summed E-state index contributed by atoms with van der Waals surface area (Å²) in [6.45, 7) is 1.71. The third-order valence-corrected chi connectivity index (χ3v) is 6.09. The zero-order valence-corrected chi connectivity index (χ0v) is 16.1. The van der Waals surface area contributed by atoms with Gasteiger partial charge in [0.15, 0.2) is 4.96 Å². The van der Waals surface area contributed by atoms with Crippen molar-refractivity contribution in [2.75, 3.05) is 6.54 Å². The van der Waals surface area contributed by atoms with Crippen molar-refractivity contribution in [2.45, 2.75) is 32.8 Å². The predicted octanol–water partition coefficient (Wildman–Crippen LogP) is 1.45. The molecule has 146 valence electrons. The number of amides is 2. The molecule has 9 heteroatoms. The molecule has 2 amide bonds. The van der Waals surface area contributed by atoms with Gasteiger partial charge >= 0.3 is 5.97 Å². The summed E-state index contributed by atoms with van der Waals surface area (Å²) in [5, 5.41) is 1.83. The van der Waals surface area contributed by atoms with E-state index in [9.17, 15) is 19.2 Å². The van der Waals surface area contributed by atoms with E-state index >= 15 is 0 Å². The smallest absolute Gasteiger partial charge is 0.307 e. The Kier molecular flexibility index (Phi) is 4.84. The summed E-state index contributed by atoms with van der Waals surface area (Å²) < 4.78 is 6.68. The van der Waals surface area contributed by atoms with Gasteiger partial charge in [-0.15, -0.1) is 11.3 Å². The molecule has 4 rings (SSSR count). The number of rotatable bonds is 5. The van der Waals surface area contributed by atoms with Crippen LogP contribution in [0.3, 0.4) is 0 Å². The van der Waals surface area contributed by atoms with Crippen LogP contribution in [-0.4, -0.2) is 38.6 Å². The SMILES string of the molecule is Cc1csc2nc(COC(=O)CCN3C(=O)[C@H]4CC=CC[C@@H]4C3=O)cc(=O)n12. The molecule has 2 aromatic heterocycles. The summed E-state index contributed by atoms with van der Waals surface area (Å²) in [6, 6.07) is 1.34. The largest absolute Gasteiger partial charge is 0.459 e. The molecule has 1 aliphatic heterocycles. The van der Waals surface area contributed by atoms with Crippen LogP contribution in [0.4, 0.5) is 0 Å². The van der Waals surface area contributed by atoms with E-state index in [-0.39, 0.29) is 48.8 Å². The van der Waals surface area contributed by atoms with E-state index in [4.69, 9.17) is 4.74 Å². The minimum Gasteiger partial charge on any atom is -0.459 e. The second-order valence-corrected chi connectivity index (χ2v) is 7.81. The summed E-state index contributed by atoms with van der Waals surface area (Å²) in [7, 11) is 0. The second kappa shape index (κ2) is 7.31. The molecule has 2 aliphatic rings. The first-order chi connectivity index (χ1) is 13.5. The van der Waals surface area contributed by atoms with E-state index in [0.717, 1.165) is 5.69 Å². The fourth-order valence-corrected chi connectivity index (χ4v) is 4.58. The molecule has 1 aliphatic carbocycles. The predicted molar refractivity (Wildman–Crippen MR) is 101 cm³/mol. The van der Waals surface area contributed by atoms with Crippen LogP contribution in [0.2, 0.25) is 0 Å². The van der Waals surface area contributed by atoms with Crippen LogP contribution in [0.5, 0.6) is 0 Å². The number of fused-ring (bicyclic) bond motifs is 2. The third kappa shape index (κ3) is 3.26. The Bertz CT molecular complexity index is 1030. The van der Waals surface area contributed by atoms with Crippen molar-refractivity contribution in [3.63, 3.8) is 0 Å². The molecule has 0 spiro atoms. The molecule has 28 heavy (non-hydrogen) atoms. The summed E-state index contributed by atoms with van der Waals surface area (Å²) >= 11 is 1.34. The lowest BCUT2D eigenvalue weighted by atomic mass is 9.85. The summed E-state index contributed by atoms with van der Waals surface area (Å²) in [5.74, 6) is -1.56. The highest BCUT2D eigenvalue weighted by Gasteiger charge is 2.46. The zero-order chi connectivity index (χ0) is 19.8. The van der Waals surface area contributed by atoms with Crippen molar-refractivity contribution in [3.05, 3.63) is 45.3 Å². The van der Waals surface area contributed by atoms with Crippen LogP contribution in [0, 0.1) is 18.8 Å². The van der Waals surface area contributed by atoms with E-state index in [1.54, 1.807) is 0 Å². The van der Waals surface area contributed by atoms with Gasteiger partial charge in [0.2, 0.25) is 11.8 Å². The number of thiazole rings is 1. The van der Waals surface area contributed by atoms with E-state index in [2.05, 4.69) is 4.98 Å². The first-order valence-electron chi connectivity index (χ1n) is 9.08. The number of hydrogen-bond acceptors (Lipinski definition) is 7. The standard InChI is InChI=1S/C19H19N3O5S/c1-11-10-28-19-20-12(8-15(23)22(11)19)9-27-16(24)6-7-21-17(25)13-4-2-3-5-14(13)18(21)26/h2-3,8,10,13-14H,4-7,9H2,1H3/t13-,14-/m0/s1. The van der Waals surface area contributed by atoms with Gasteiger partial charge in [-0.3, -0.25) is 28.5 Å². The lowest BCUT2D eigenvalue weighted by Gasteiger charge is -2.14. The molecule has 0 radical (unpaired) electrons. The zero-order valence-electron chi connectivity index (χ0n) is 15.3. The van der Waals surface area contributed by atoms with Gasteiger partial charge in [-0.2, -0.15) is 0 Å². The van der Waals surface area contributed by atoms with Crippen molar-refractivity contribution in [1.29, 1.82) is 0 Å². The number of likely N-dealkylation sites (tertiary alicyclic amines) is 1. The van der Waals surface area contributed by atoms with Gasteiger partial charge in [-0.05, 0) is 19.8 Å². The Morgan fingerprint density at radius 3 is 2.57 bits per heavy atom. The van der Waals surface area contributed by atoms with E-state index < -0.39 is 5.97 Å². The van der Waals surface area contributed by atoms with Crippen molar-refractivity contribution in [2.24, 2.45) is 11.8 Å². The van der Waals surface area contributed by atoms with Crippen molar-refractivity contribution in [1.82, 2.24) is 14.3 Å². The maximum absolute atomic E-state index is 12.4. The minimum absolute atomic E-state index is 0.0166. The minimum atomic E-state index is -0.544. The topological polar surface area (TPSA) is 98.0 Å². The monoisotopic (exact) mass is 401 g/mol. The molecule has 3 heterocycles. The Hall–Kier alpha value is -2.81. The summed E-state index contributed by atoms with van der Waals surface area (Å²) in [4.78, 5) is 55.0. The molecule has 0 N–H and O–H groups in total. The first kappa shape index (κ1) is 18.5. The highest BCUT2D eigenvalue weighted by atomic mass is 32.1.